The van der Waals surface area contributed by atoms with Crippen molar-refractivity contribution in [3.63, 3.8) is 0 Å². The SMILES string of the molecule is CC(C)C[C@H](NC(=O)[C@H](Cc1ccccc1)NC(=O)OCC1c2ccccc2-c2ccccc21)C(=O)OCC1=Cc2c(ccc3ccccc23)S1(=O)=O. The number of rotatable bonds is 12. The van der Waals surface area contributed by atoms with E-state index in [0.717, 1.165) is 38.6 Å². The van der Waals surface area contributed by atoms with Crippen molar-refractivity contribution in [1.29, 1.82) is 0 Å². The van der Waals surface area contributed by atoms with Crippen LogP contribution in [0.1, 0.15) is 48.4 Å². The first-order valence-corrected chi connectivity index (χ1v) is 19.2. The van der Waals surface area contributed by atoms with Crippen molar-refractivity contribution in [2.45, 2.75) is 49.6 Å². The average Bonchev–Trinajstić information content (AvgIpc) is 3.62. The molecule has 0 fully saturated rings. The van der Waals surface area contributed by atoms with Crippen LogP contribution in [0.15, 0.2) is 125 Å². The number of carbonyl (C=O) groups excluding carboxylic acids is 3. The minimum absolute atomic E-state index is 0.0273. The number of alkyl carbamates (subject to hydrolysis) is 1. The molecule has 53 heavy (non-hydrogen) atoms. The fourth-order valence-corrected chi connectivity index (χ4v) is 8.68. The van der Waals surface area contributed by atoms with Crippen LogP contribution in [0.25, 0.3) is 28.0 Å². The number of esters is 1. The maximum Gasteiger partial charge on any atom is 0.407 e. The first-order chi connectivity index (χ1) is 25.6. The molecule has 5 aromatic rings. The summed E-state index contributed by atoms with van der Waals surface area (Å²) in [7, 11) is -3.88. The van der Waals surface area contributed by atoms with E-state index >= 15 is 0 Å². The van der Waals surface area contributed by atoms with Gasteiger partial charge in [-0.2, -0.15) is 0 Å². The number of fused-ring (bicyclic) bond motifs is 6. The van der Waals surface area contributed by atoms with E-state index < -0.39 is 46.5 Å². The van der Waals surface area contributed by atoms with E-state index in [1.54, 1.807) is 18.2 Å². The maximum atomic E-state index is 13.9. The summed E-state index contributed by atoms with van der Waals surface area (Å²) in [6.45, 7) is 3.38. The van der Waals surface area contributed by atoms with Gasteiger partial charge in [0.1, 0.15) is 25.3 Å². The molecule has 2 amide bonds. The summed E-state index contributed by atoms with van der Waals surface area (Å²) in [6.07, 6.45) is 1.14. The largest absolute Gasteiger partial charge is 0.459 e. The fourth-order valence-electron chi connectivity index (χ4n) is 7.20. The zero-order valence-electron chi connectivity index (χ0n) is 29.5. The third kappa shape index (κ3) is 7.45. The van der Waals surface area contributed by atoms with Gasteiger partial charge in [-0.1, -0.05) is 123 Å². The highest BCUT2D eigenvalue weighted by Crippen LogP contribution is 2.44. The summed E-state index contributed by atoms with van der Waals surface area (Å²) >= 11 is 0. The van der Waals surface area contributed by atoms with Gasteiger partial charge in [-0.3, -0.25) is 4.79 Å². The summed E-state index contributed by atoms with van der Waals surface area (Å²) in [4.78, 5) is 40.9. The van der Waals surface area contributed by atoms with Gasteiger partial charge < -0.3 is 20.1 Å². The second-order valence-corrected chi connectivity index (χ2v) is 15.8. The van der Waals surface area contributed by atoms with E-state index in [1.807, 2.05) is 105 Å². The molecule has 0 spiro atoms. The highest BCUT2D eigenvalue weighted by Gasteiger charge is 2.34. The van der Waals surface area contributed by atoms with Gasteiger partial charge in [0.15, 0.2) is 0 Å². The molecule has 0 saturated heterocycles. The van der Waals surface area contributed by atoms with Crippen molar-refractivity contribution in [2.75, 3.05) is 13.2 Å². The Labute approximate surface area is 308 Å². The van der Waals surface area contributed by atoms with Gasteiger partial charge in [-0.15, -0.1) is 0 Å². The summed E-state index contributed by atoms with van der Waals surface area (Å²) in [5.41, 5.74) is 5.68. The molecule has 1 aliphatic carbocycles. The zero-order chi connectivity index (χ0) is 37.1. The van der Waals surface area contributed by atoms with Crippen molar-refractivity contribution >= 4 is 44.7 Å². The number of benzene rings is 5. The minimum Gasteiger partial charge on any atom is -0.459 e. The Hall–Kier alpha value is -5.74. The molecule has 1 aliphatic heterocycles. The highest BCUT2D eigenvalue weighted by atomic mass is 32.2. The van der Waals surface area contributed by atoms with Gasteiger partial charge >= 0.3 is 12.1 Å². The molecule has 2 atom stereocenters. The molecular weight excluding hydrogens is 689 g/mol. The third-order valence-electron chi connectivity index (χ3n) is 9.77. The van der Waals surface area contributed by atoms with Crippen molar-refractivity contribution in [2.24, 2.45) is 5.92 Å². The molecule has 2 aliphatic rings. The van der Waals surface area contributed by atoms with Crippen molar-refractivity contribution in [3.05, 3.63) is 142 Å². The molecule has 0 saturated carbocycles. The minimum atomic E-state index is -3.88. The lowest BCUT2D eigenvalue weighted by atomic mass is 9.98. The number of hydrogen-bond donors (Lipinski definition) is 2. The van der Waals surface area contributed by atoms with Gasteiger partial charge in [0.2, 0.25) is 15.7 Å². The highest BCUT2D eigenvalue weighted by molar-refractivity contribution is 7.95. The van der Waals surface area contributed by atoms with Crippen LogP contribution in [-0.2, 0) is 35.3 Å². The van der Waals surface area contributed by atoms with E-state index in [1.165, 1.54) is 0 Å². The van der Waals surface area contributed by atoms with Gasteiger partial charge in [0.05, 0.1) is 9.80 Å². The third-order valence-corrected chi connectivity index (χ3v) is 11.6. The predicted molar refractivity (Wildman–Crippen MR) is 204 cm³/mol. The number of amides is 2. The lowest BCUT2D eigenvalue weighted by Gasteiger charge is -2.24. The van der Waals surface area contributed by atoms with Gasteiger partial charge in [0, 0.05) is 17.9 Å². The molecule has 9 nitrogen and oxygen atoms in total. The van der Waals surface area contributed by atoms with Crippen molar-refractivity contribution < 1.29 is 32.3 Å². The van der Waals surface area contributed by atoms with Crippen LogP contribution in [-0.4, -0.2) is 51.7 Å². The Morgan fingerprint density at radius 2 is 1.36 bits per heavy atom. The van der Waals surface area contributed by atoms with E-state index in [9.17, 15) is 22.8 Å². The zero-order valence-corrected chi connectivity index (χ0v) is 30.3. The van der Waals surface area contributed by atoms with Gasteiger partial charge in [-0.05, 0) is 63.1 Å². The van der Waals surface area contributed by atoms with Gasteiger partial charge in [-0.25, -0.2) is 18.0 Å². The summed E-state index contributed by atoms with van der Waals surface area (Å²) in [6, 6.07) is 33.9. The molecule has 0 bridgehead atoms. The quantitative estimate of drug-likeness (QED) is 0.130. The number of nitrogens with one attached hydrogen (secondary N) is 2. The Bertz CT molecular complexity index is 2290. The van der Waals surface area contributed by atoms with Crippen LogP contribution in [0.5, 0.6) is 0 Å². The second kappa shape index (κ2) is 15.1. The molecule has 0 aromatic heterocycles. The molecule has 270 valence electrons. The maximum absolute atomic E-state index is 13.9. The number of carbonyl (C=O) groups is 3. The number of ether oxygens (including phenoxy) is 2. The first-order valence-electron chi connectivity index (χ1n) is 17.7. The number of hydrogen-bond acceptors (Lipinski definition) is 7. The van der Waals surface area contributed by atoms with Crippen LogP contribution in [0.4, 0.5) is 4.79 Å². The molecular formula is C43H40N2O7S. The van der Waals surface area contributed by atoms with E-state index in [-0.39, 0.29) is 41.1 Å². The lowest BCUT2D eigenvalue weighted by Crippen LogP contribution is -2.53. The lowest BCUT2D eigenvalue weighted by molar-refractivity contribution is -0.147. The molecule has 1 heterocycles. The predicted octanol–water partition coefficient (Wildman–Crippen LogP) is 7.19. The topological polar surface area (TPSA) is 128 Å². The molecule has 0 unspecified atom stereocenters. The first kappa shape index (κ1) is 35.7. The molecule has 10 heteroatoms. The smallest absolute Gasteiger partial charge is 0.407 e. The second-order valence-electron chi connectivity index (χ2n) is 13.8. The Morgan fingerprint density at radius 1 is 0.717 bits per heavy atom. The number of sulfone groups is 1. The van der Waals surface area contributed by atoms with Crippen LogP contribution in [0.3, 0.4) is 0 Å². The standard InChI is InChI=1S/C43H40N2O7S/c1-27(2)22-39(42(47)51-25-30-24-36-31-15-7-6-14-29(31)20-21-40(36)53(30,49)50)44-41(46)38(23-28-12-4-3-5-13-28)45-43(48)52-26-37-34-18-10-8-16-32(34)33-17-9-11-19-35(33)37/h3-21,24,27,37-39H,22-23,25-26H2,1-2H3,(H,44,46)(H,45,48)/t38-,39-/m0/s1. The summed E-state index contributed by atoms with van der Waals surface area (Å²) < 4.78 is 38.2. The van der Waals surface area contributed by atoms with Crippen LogP contribution < -0.4 is 10.6 Å². The molecule has 7 rings (SSSR count). The molecule has 2 N–H and O–H groups in total. The van der Waals surface area contributed by atoms with E-state index in [0.29, 0.717) is 5.56 Å². The Balaban J connectivity index is 1.04. The Kier molecular flexibility index (Phi) is 10.1. The monoisotopic (exact) mass is 728 g/mol. The van der Waals surface area contributed by atoms with Crippen molar-refractivity contribution in [1.82, 2.24) is 10.6 Å². The Morgan fingerprint density at radius 3 is 2.06 bits per heavy atom. The average molecular weight is 729 g/mol. The van der Waals surface area contributed by atoms with Crippen LogP contribution >= 0.6 is 0 Å². The summed E-state index contributed by atoms with van der Waals surface area (Å²) in [5.74, 6) is -1.56. The fraction of sp³-hybridized carbons (Fsp3) is 0.233. The van der Waals surface area contributed by atoms with Gasteiger partial charge in [0.25, 0.3) is 0 Å². The molecule has 5 aromatic carbocycles. The van der Waals surface area contributed by atoms with E-state index in [2.05, 4.69) is 22.8 Å². The van der Waals surface area contributed by atoms with E-state index in [4.69, 9.17) is 9.47 Å². The molecule has 0 radical (unpaired) electrons. The van der Waals surface area contributed by atoms with Crippen LogP contribution in [0.2, 0.25) is 0 Å². The van der Waals surface area contributed by atoms with Crippen LogP contribution in [0, 0.1) is 5.92 Å². The van der Waals surface area contributed by atoms with Crippen molar-refractivity contribution in [3.8, 4) is 11.1 Å². The summed E-state index contributed by atoms with van der Waals surface area (Å²) in [5, 5.41) is 7.20. The normalized spacial score (nSPS) is 15.1.